The molecular weight excluding hydrogens is 324 g/mol. The number of carbonyl (C=O) groups is 1. The summed E-state index contributed by atoms with van der Waals surface area (Å²) < 4.78 is 26.7. The van der Waals surface area contributed by atoms with E-state index in [-0.39, 0.29) is 21.7 Å². The molecule has 0 bridgehead atoms. The van der Waals surface area contributed by atoms with E-state index in [1.54, 1.807) is 23.1 Å². The summed E-state index contributed by atoms with van der Waals surface area (Å²) >= 11 is 6.00. The van der Waals surface area contributed by atoms with Gasteiger partial charge in [-0.2, -0.15) is 4.31 Å². The maximum atomic E-state index is 12.6. The number of rotatable bonds is 3. The highest BCUT2D eigenvalue weighted by molar-refractivity contribution is 7.89. The average molecular weight is 343 g/mol. The van der Waals surface area contributed by atoms with E-state index < -0.39 is 10.0 Å². The van der Waals surface area contributed by atoms with Crippen molar-refractivity contribution in [2.45, 2.75) is 18.2 Å². The summed E-state index contributed by atoms with van der Waals surface area (Å²) in [5.41, 5.74) is 0. The highest BCUT2D eigenvalue weighted by Gasteiger charge is 2.42. The largest absolute Gasteiger partial charge is 0.340 e. The van der Waals surface area contributed by atoms with Gasteiger partial charge in [0.2, 0.25) is 15.9 Å². The van der Waals surface area contributed by atoms with Crippen molar-refractivity contribution in [2.75, 3.05) is 26.2 Å². The maximum absolute atomic E-state index is 12.6. The van der Waals surface area contributed by atoms with E-state index in [4.69, 9.17) is 11.6 Å². The second-order valence-electron chi connectivity index (χ2n) is 5.98. The standard InChI is InChI=1S/C15H19ClN2O3S/c1-11-10-12(11)15(19)17-6-8-18(9-7-17)22(20,21)14-5-3-2-4-13(14)16/h2-5,11-12H,6-10H2,1H3. The van der Waals surface area contributed by atoms with Gasteiger partial charge in [-0.1, -0.05) is 30.7 Å². The normalized spacial score (nSPS) is 26.0. The van der Waals surface area contributed by atoms with Crippen LogP contribution in [0.1, 0.15) is 13.3 Å². The highest BCUT2D eigenvalue weighted by Crippen LogP contribution is 2.39. The quantitative estimate of drug-likeness (QED) is 0.842. The summed E-state index contributed by atoms with van der Waals surface area (Å²) in [5, 5.41) is 0.229. The van der Waals surface area contributed by atoms with Crippen LogP contribution in [0, 0.1) is 11.8 Å². The van der Waals surface area contributed by atoms with E-state index in [0.29, 0.717) is 32.1 Å². The van der Waals surface area contributed by atoms with E-state index >= 15 is 0 Å². The van der Waals surface area contributed by atoms with Crippen LogP contribution in [0.2, 0.25) is 5.02 Å². The lowest BCUT2D eigenvalue weighted by Gasteiger charge is -2.34. The van der Waals surface area contributed by atoms with Crippen molar-refractivity contribution < 1.29 is 13.2 Å². The van der Waals surface area contributed by atoms with Crippen molar-refractivity contribution in [1.29, 1.82) is 0 Å². The van der Waals surface area contributed by atoms with Gasteiger partial charge in [-0.05, 0) is 24.5 Å². The van der Waals surface area contributed by atoms with Gasteiger partial charge in [-0.15, -0.1) is 0 Å². The van der Waals surface area contributed by atoms with Gasteiger partial charge in [0.25, 0.3) is 0 Å². The number of carbonyl (C=O) groups excluding carboxylic acids is 1. The number of benzene rings is 1. The molecule has 1 saturated heterocycles. The van der Waals surface area contributed by atoms with Gasteiger partial charge >= 0.3 is 0 Å². The van der Waals surface area contributed by atoms with E-state index in [2.05, 4.69) is 6.92 Å². The number of piperazine rings is 1. The van der Waals surface area contributed by atoms with E-state index in [0.717, 1.165) is 6.42 Å². The van der Waals surface area contributed by atoms with Gasteiger partial charge < -0.3 is 4.90 Å². The van der Waals surface area contributed by atoms with Crippen LogP contribution in [0.25, 0.3) is 0 Å². The van der Waals surface area contributed by atoms with Crippen LogP contribution in [0.15, 0.2) is 29.2 Å². The average Bonchev–Trinajstić information content (AvgIpc) is 3.24. The Bertz CT molecular complexity index is 684. The molecule has 1 amide bonds. The molecule has 1 aromatic carbocycles. The molecule has 2 aliphatic rings. The lowest BCUT2D eigenvalue weighted by molar-refractivity contribution is -0.134. The monoisotopic (exact) mass is 342 g/mol. The number of halogens is 1. The van der Waals surface area contributed by atoms with Crippen LogP contribution < -0.4 is 0 Å². The first-order valence-corrected chi connectivity index (χ1v) is 9.26. The van der Waals surface area contributed by atoms with Crippen molar-refractivity contribution in [3.05, 3.63) is 29.3 Å². The molecule has 2 atom stereocenters. The number of nitrogens with zero attached hydrogens (tertiary/aromatic N) is 2. The van der Waals surface area contributed by atoms with E-state index in [1.165, 1.54) is 10.4 Å². The molecule has 22 heavy (non-hydrogen) atoms. The second kappa shape index (κ2) is 5.83. The minimum absolute atomic E-state index is 0.132. The van der Waals surface area contributed by atoms with Gasteiger partial charge in [0.15, 0.2) is 0 Å². The SMILES string of the molecule is CC1CC1C(=O)N1CCN(S(=O)(=O)c2ccccc2Cl)CC1. The summed E-state index contributed by atoms with van der Waals surface area (Å²) in [4.78, 5) is 14.1. The Balaban J connectivity index is 1.68. The molecule has 1 aromatic rings. The molecule has 7 heteroatoms. The predicted octanol–water partition coefficient (Wildman–Crippen LogP) is 1.83. The first-order valence-electron chi connectivity index (χ1n) is 7.44. The molecule has 0 N–H and O–H groups in total. The van der Waals surface area contributed by atoms with Gasteiger partial charge in [-0.25, -0.2) is 8.42 Å². The van der Waals surface area contributed by atoms with Crippen molar-refractivity contribution in [2.24, 2.45) is 11.8 Å². The lowest BCUT2D eigenvalue weighted by atomic mass is 10.2. The molecule has 1 heterocycles. The summed E-state index contributed by atoms with van der Waals surface area (Å²) in [5.74, 6) is 0.784. The van der Waals surface area contributed by atoms with Crippen LogP contribution in [0.3, 0.4) is 0 Å². The topological polar surface area (TPSA) is 57.7 Å². The first-order chi connectivity index (χ1) is 10.4. The third-order valence-electron chi connectivity index (χ3n) is 4.43. The smallest absolute Gasteiger partial charge is 0.244 e. The molecule has 0 spiro atoms. The van der Waals surface area contributed by atoms with E-state index in [1.807, 2.05) is 0 Å². The number of amides is 1. The molecule has 5 nitrogen and oxygen atoms in total. The van der Waals surface area contributed by atoms with Gasteiger partial charge in [-0.3, -0.25) is 4.79 Å². The van der Waals surface area contributed by atoms with Gasteiger partial charge in [0.1, 0.15) is 4.90 Å². The zero-order valence-electron chi connectivity index (χ0n) is 12.4. The van der Waals surface area contributed by atoms with Crippen LogP contribution in [0.4, 0.5) is 0 Å². The molecule has 1 aliphatic carbocycles. The molecule has 3 rings (SSSR count). The molecule has 1 aliphatic heterocycles. The molecule has 2 fully saturated rings. The fourth-order valence-electron chi connectivity index (χ4n) is 2.84. The highest BCUT2D eigenvalue weighted by atomic mass is 35.5. The zero-order valence-corrected chi connectivity index (χ0v) is 14.0. The number of sulfonamides is 1. The van der Waals surface area contributed by atoms with Crippen molar-refractivity contribution in [1.82, 2.24) is 9.21 Å². The summed E-state index contributed by atoms with van der Waals surface area (Å²) in [6.45, 7) is 3.61. The second-order valence-corrected chi connectivity index (χ2v) is 8.29. The van der Waals surface area contributed by atoms with E-state index in [9.17, 15) is 13.2 Å². The predicted molar refractivity (Wildman–Crippen MR) is 84.1 cm³/mol. The summed E-state index contributed by atoms with van der Waals surface area (Å²) in [7, 11) is -3.59. The maximum Gasteiger partial charge on any atom is 0.244 e. The number of hydrogen-bond donors (Lipinski definition) is 0. The molecule has 1 saturated carbocycles. The molecule has 2 unspecified atom stereocenters. The van der Waals surface area contributed by atoms with Crippen LogP contribution in [0.5, 0.6) is 0 Å². The molecule has 120 valence electrons. The van der Waals surface area contributed by atoms with Crippen LogP contribution in [-0.2, 0) is 14.8 Å². The third kappa shape index (κ3) is 2.87. The van der Waals surface area contributed by atoms with Gasteiger partial charge in [0.05, 0.1) is 5.02 Å². The Morgan fingerprint density at radius 3 is 2.32 bits per heavy atom. The van der Waals surface area contributed by atoms with Crippen LogP contribution >= 0.6 is 11.6 Å². The Hall–Kier alpha value is -1.11. The minimum Gasteiger partial charge on any atom is -0.340 e. The van der Waals surface area contributed by atoms with Crippen molar-refractivity contribution in [3.8, 4) is 0 Å². The Kier molecular flexibility index (Phi) is 4.18. The Morgan fingerprint density at radius 2 is 1.77 bits per heavy atom. The molecule has 0 aromatic heterocycles. The zero-order chi connectivity index (χ0) is 15.9. The third-order valence-corrected chi connectivity index (χ3v) is 6.83. The van der Waals surface area contributed by atoms with Crippen molar-refractivity contribution >= 4 is 27.5 Å². The molecule has 0 radical (unpaired) electrons. The first kappa shape index (κ1) is 15.8. The number of hydrogen-bond acceptors (Lipinski definition) is 3. The minimum atomic E-state index is -3.59. The van der Waals surface area contributed by atoms with Crippen molar-refractivity contribution in [3.63, 3.8) is 0 Å². The van der Waals surface area contributed by atoms with Crippen LogP contribution in [-0.4, -0.2) is 49.7 Å². The summed E-state index contributed by atoms with van der Waals surface area (Å²) in [6.07, 6.45) is 0.955. The summed E-state index contributed by atoms with van der Waals surface area (Å²) in [6, 6.07) is 6.45. The fourth-order valence-corrected chi connectivity index (χ4v) is 4.76. The molecular formula is C15H19ClN2O3S. The fraction of sp³-hybridized carbons (Fsp3) is 0.533. The lowest BCUT2D eigenvalue weighted by Crippen LogP contribution is -2.51. The Morgan fingerprint density at radius 1 is 1.18 bits per heavy atom. The Labute approximate surface area is 135 Å². The van der Waals surface area contributed by atoms with Gasteiger partial charge in [0, 0.05) is 32.1 Å².